The normalized spacial score (nSPS) is 20.4. The minimum absolute atomic E-state index is 0.104. The van der Waals surface area contributed by atoms with Crippen molar-refractivity contribution in [3.05, 3.63) is 76.3 Å². The van der Waals surface area contributed by atoms with Crippen molar-refractivity contribution in [1.29, 1.82) is 0 Å². The topological polar surface area (TPSA) is 99.7 Å². The first-order valence-electron chi connectivity index (χ1n) is 9.68. The fourth-order valence-corrected chi connectivity index (χ4v) is 3.84. The maximum atomic E-state index is 13.1. The molecule has 2 atom stereocenters. The number of benzene rings is 1. The molecule has 0 saturated carbocycles. The standard InChI is InChI=1S/C21H18N6O3/c1-2-13-6-8-15(9-7-13)27-20(29)18-19(21(27)30)26(24-23-18)12-14-11-17(28)25-10-4-3-5-16(25)22-14/h3-11,18-19H,2,12H2,1H3/t18-,19+/m0/s1. The maximum absolute atomic E-state index is 13.1. The van der Waals surface area contributed by atoms with E-state index < -0.39 is 18.0 Å². The Morgan fingerprint density at radius 1 is 1.00 bits per heavy atom. The van der Waals surface area contributed by atoms with Gasteiger partial charge in [-0.3, -0.25) is 23.8 Å². The zero-order chi connectivity index (χ0) is 20.8. The number of amides is 2. The number of imide groups is 1. The quantitative estimate of drug-likeness (QED) is 0.619. The van der Waals surface area contributed by atoms with Gasteiger partial charge in [0.25, 0.3) is 17.4 Å². The molecule has 0 unspecified atom stereocenters. The van der Waals surface area contributed by atoms with E-state index in [1.54, 1.807) is 36.5 Å². The van der Waals surface area contributed by atoms with Gasteiger partial charge in [0.2, 0.25) is 0 Å². The molecule has 4 heterocycles. The molecule has 0 N–H and O–H groups in total. The Morgan fingerprint density at radius 2 is 1.80 bits per heavy atom. The van der Waals surface area contributed by atoms with Crippen LogP contribution >= 0.6 is 0 Å². The molecule has 9 nitrogen and oxygen atoms in total. The van der Waals surface area contributed by atoms with Crippen molar-refractivity contribution in [3.63, 3.8) is 0 Å². The van der Waals surface area contributed by atoms with Crippen LogP contribution in [-0.4, -0.2) is 38.3 Å². The van der Waals surface area contributed by atoms with E-state index in [9.17, 15) is 14.4 Å². The van der Waals surface area contributed by atoms with Gasteiger partial charge in [0.15, 0.2) is 12.1 Å². The number of aromatic nitrogens is 2. The van der Waals surface area contributed by atoms with E-state index in [1.807, 2.05) is 19.1 Å². The van der Waals surface area contributed by atoms with Crippen LogP contribution in [0, 0.1) is 0 Å². The molecule has 0 radical (unpaired) electrons. The summed E-state index contributed by atoms with van der Waals surface area (Å²) < 4.78 is 1.43. The average molecular weight is 402 g/mol. The summed E-state index contributed by atoms with van der Waals surface area (Å²) in [6, 6.07) is 12.3. The van der Waals surface area contributed by atoms with Crippen molar-refractivity contribution >= 4 is 23.1 Å². The van der Waals surface area contributed by atoms with Gasteiger partial charge in [-0.25, -0.2) is 9.88 Å². The molecule has 0 bridgehead atoms. The second-order valence-corrected chi connectivity index (χ2v) is 7.24. The molecule has 5 rings (SSSR count). The summed E-state index contributed by atoms with van der Waals surface area (Å²) in [5.74, 6) is -0.774. The molecule has 0 spiro atoms. The van der Waals surface area contributed by atoms with Crippen LogP contribution in [0.1, 0.15) is 18.2 Å². The van der Waals surface area contributed by atoms with Crippen molar-refractivity contribution < 1.29 is 9.59 Å². The molecule has 2 amide bonds. The van der Waals surface area contributed by atoms with Crippen molar-refractivity contribution in [2.45, 2.75) is 32.0 Å². The first-order chi connectivity index (χ1) is 14.6. The predicted octanol–water partition coefficient (Wildman–Crippen LogP) is 1.75. The molecule has 9 heteroatoms. The number of anilines is 1. The van der Waals surface area contributed by atoms with Crippen LogP contribution < -0.4 is 10.5 Å². The minimum Gasteiger partial charge on any atom is -0.271 e. The van der Waals surface area contributed by atoms with Gasteiger partial charge in [-0.15, -0.1) is 0 Å². The first-order valence-corrected chi connectivity index (χ1v) is 9.68. The van der Waals surface area contributed by atoms with Crippen molar-refractivity contribution in [2.24, 2.45) is 10.3 Å². The summed E-state index contributed by atoms with van der Waals surface area (Å²) in [6.07, 6.45) is 2.51. The van der Waals surface area contributed by atoms with Gasteiger partial charge in [-0.1, -0.05) is 30.3 Å². The Morgan fingerprint density at radius 3 is 2.57 bits per heavy atom. The Labute approximate surface area is 171 Å². The van der Waals surface area contributed by atoms with Crippen LogP contribution in [-0.2, 0) is 22.6 Å². The van der Waals surface area contributed by atoms with Gasteiger partial charge >= 0.3 is 0 Å². The fraction of sp³-hybridized carbons (Fsp3) is 0.238. The molecule has 2 aromatic heterocycles. The number of hydrogen-bond acceptors (Lipinski definition) is 7. The van der Waals surface area contributed by atoms with Crippen LogP contribution in [0.15, 0.2) is 69.9 Å². The summed E-state index contributed by atoms with van der Waals surface area (Å²) in [7, 11) is 0. The molecular weight excluding hydrogens is 384 g/mol. The third-order valence-corrected chi connectivity index (χ3v) is 5.41. The summed E-state index contributed by atoms with van der Waals surface area (Å²) in [4.78, 5) is 43.9. The molecular formula is C21H18N6O3. The summed E-state index contributed by atoms with van der Waals surface area (Å²) in [5.41, 5.74) is 2.37. The Bertz CT molecular complexity index is 1250. The second-order valence-electron chi connectivity index (χ2n) is 7.24. The lowest BCUT2D eigenvalue weighted by molar-refractivity contribution is -0.123. The molecule has 1 aromatic carbocycles. The largest absolute Gasteiger partial charge is 0.271 e. The number of fused-ring (bicyclic) bond motifs is 2. The molecule has 150 valence electrons. The molecule has 2 aliphatic rings. The van der Waals surface area contributed by atoms with E-state index >= 15 is 0 Å². The highest BCUT2D eigenvalue weighted by Crippen LogP contribution is 2.32. The van der Waals surface area contributed by atoms with Crippen molar-refractivity contribution in [2.75, 3.05) is 4.90 Å². The highest BCUT2D eigenvalue weighted by Gasteiger charge is 2.54. The molecule has 0 aliphatic carbocycles. The van der Waals surface area contributed by atoms with E-state index in [2.05, 4.69) is 15.3 Å². The lowest BCUT2D eigenvalue weighted by Gasteiger charge is -2.20. The fourth-order valence-electron chi connectivity index (χ4n) is 3.84. The average Bonchev–Trinajstić information content (AvgIpc) is 3.28. The number of aryl methyl sites for hydroxylation is 1. The van der Waals surface area contributed by atoms with Crippen LogP contribution in [0.5, 0.6) is 0 Å². The molecule has 3 aromatic rings. The first kappa shape index (κ1) is 18.2. The van der Waals surface area contributed by atoms with Gasteiger partial charge < -0.3 is 0 Å². The van der Waals surface area contributed by atoms with Gasteiger partial charge in [0.1, 0.15) is 5.65 Å². The summed E-state index contributed by atoms with van der Waals surface area (Å²) in [6.45, 7) is 2.14. The Balaban J connectivity index is 1.43. The number of hydrogen-bond donors (Lipinski definition) is 0. The summed E-state index contributed by atoms with van der Waals surface area (Å²) in [5, 5.41) is 9.49. The van der Waals surface area contributed by atoms with Gasteiger partial charge in [0, 0.05) is 12.3 Å². The van der Waals surface area contributed by atoms with Gasteiger partial charge in [-0.05, 0) is 36.2 Å². The molecule has 30 heavy (non-hydrogen) atoms. The lowest BCUT2D eigenvalue weighted by atomic mass is 10.1. The maximum Gasteiger partial charge on any atom is 0.263 e. The number of carbonyl (C=O) groups is 2. The van der Waals surface area contributed by atoms with Gasteiger partial charge in [0.05, 0.1) is 17.9 Å². The van der Waals surface area contributed by atoms with Crippen LogP contribution in [0.2, 0.25) is 0 Å². The smallest absolute Gasteiger partial charge is 0.263 e. The number of carbonyl (C=O) groups excluding carboxylic acids is 2. The zero-order valence-electron chi connectivity index (χ0n) is 16.2. The van der Waals surface area contributed by atoms with Crippen LogP contribution in [0.4, 0.5) is 5.69 Å². The highest BCUT2D eigenvalue weighted by molar-refractivity contribution is 6.25. The van der Waals surface area contributed by atoms with E-state index in [1.165, 1.54) is 20.4 Å². The molecule has 2 aliphatic heterocycles. The van der Waals surface area contributed by atoms with Crippen LogP contribution in [0.3, 0.4) is 0 Å². The number of pyridine rings is 1. The van der Waals surface area contributed by atoms with E-state index in [0.29, 0.717) is 17.0 Å². The van der Waals surface area contributed by atoms with Crippen molar-refractivity contribution in [3.8, 4) is 0 Å². The molecule has 1 saturated heterocycles. The SMILES string of the molecule is CCc1ccc(N2C(=O)[C@H]3N=NN(Cc4cc(=O)n5ccccc5n4)[C@H]3C2=O)cc1. The summed E-state index contributed by atoms with van der Waals surface area (Å²) >= 11 is 0. The number of nitrogens with zero attached hydrogens (tertiary/aromatic N) is 6. The second kappa shape index (κ2) is 6.87. The predicted molar refractivity (Wildman–Crippen MR) is 108 cm³/mol. The van der Waals surface area contributed by atoms with E-state index in [-0.39, 0.29) is 18.0 Å². The zero-order valence-corrected chi connectivity index (χ0v) is 16.2. The third kappa shape index (κ3) is 2.78. The highest BCUT2D eigenvalue weighted by atomic mass is 16.2. The van der Waals surface area contributed by atoms with E-state index in [0.717, 1.165) is 12.0 Å². The molecule has 1 fully saturated rings. The monoisotopic (exact) mass is 402 g/mol. The lowest BCUT2D eigenvalue weighted by Crippen LogP contribution is -2.39. The van der Waals surface area contributed by atoms with Crippen LogP contribution in [0.25, 0.3) is 5.65 Å². The number of rotatable bonds is 4. The Hall–Kier alpha value is -3.88. The van der Waals surface area contributed by atoms with Crippen molar-refractivity contribution in [1.82, 2.24) is 14.4 Å². The van der Waals surface area contributed by atoms with Gasteiger partial charge in [-0.2, -0.15) is 5.11 Å². The third-order valence-electron chi connectivity index (χ3n) is 5.41. The van der Waals surface area contributed by atoms with E-state index in [4.69, 9.17) is 0 Å². The Kier molecular flexibility index (Phi) is 4.16. The minimum atomic E-state index is -0.884.